The van der Waals surface area contributed by atoms with Crippen molar-refractivity contribution in [2.45, 2.75) is 32.3 Å². The van der Waals surface area contributed by atoms with E-state index in [0.29, 0.717) is 36.0 Å². The molecule has 2 aliphatic rings. The van der Waals surface area contributed by atoms with Crippen LogP contribution in [0, 0.1) is 5.92 Å². The fourth-order valence-electron chi connectivity index (χ4n) is 4.24. The molecule has 0 aromatic heterocycles. The molecule has 158 valence electrons. The lowest BCUT2D eigenvalue weighted by atomic mass is 9.95. The van der Waals surface area contributed by atoms with Crippen molar-refractivity contribution in [1.29, 1.82) is 0 Å². The average molecular weight is 427 g/mol. The van der Waals surface area contributed by atoms with E-state index in [1.54, 1.807) is 6.07 Å². The van der Waals surface area contributed by atoms with Gasteiger partial charge in [-0.1, -0.05) is 41.9 Å². The van der Waals surface area contributed by atoms with Gasteiger partial charge in [-0.05, 0) is 43.9 Å². The molecule has 0 unspecified atom stereocenters. The summed E-state index contributed by atoms with van der Waals surface area (Å²) in [7, 11) is 0. The maximum absolute atomic E-state index is 13.2. The number of hydrogen-bond acceptors (Lipinski definition) is 3. The number of nitrogens with zero attached hydrogens (tertiary/aromatic N) is 2. The van der Waals surface area contributed by atoms with Crippen molar-refractivity contribution in [2.75, 3.05) is 26.2 Å². The van der Waals surface area contributed by atoms with E-state index in [9.17, 15) is 9.59 Å². The highest BCUT2D eigenvalue weighted by Gasteiger charge is 2.32. The smallest absolute Gasteiger partial charge is 0.257 e. The molecule has 0 atom stereocenters. The van der Waals surface area contributed by atoms with Gasteiger partial charge in [0, 0.05) is 42.7 Å². The molecule has 0 radical (unpaired) electrons. The third-order valence-corrected chi connectivity index (χ3v) is 6.38. The summed E-state index contributed by atoms with van der Waals surface area (Å²) in [6.45, 7) is 3.27. The predicted molar refractivity (Wildman–Crippen MR) is 117 cm³/mol. The molecule has 6 heteroatoms. The van der Waals surface area contributed by atoms with Crippen LogP contribution in [-0.2, 0) is 11.4 Å². The Morgan fingerprint density at radius 2 is 1.57 bits per heavy atom. The topological polar surface area (TPSA) is 49.9 Å². The lowest BCUT2D eigenvalue weighted by molar-refractivity contribution is -0.135. The fourth-order valence-corrected chi connectivity index (χ4v) is 4.43. The fraction of sp³-hybridized carbons (Fsp3) is 0.417. The van der Waals surface area contributed by atoms with Crippen LogP contribution in [0.25, 0.3) is 0 Å². The molecule has 0 spiro atoms. The number of carbonyl (C=O) groups excluding carboxylic acids is 2. The number of piperidine rings is 1. The van der Waals surface area contributed by atoms with Crippen molar-refractivity contribution in [3.05, 3.63) is 64.7 Å². The first-order valence-corrected chi connectivity index (χ1v) is 11.0. The molecule has 2 aliphatic heterocycles. The summed E-state index contributed by atoms with van der Waals surface area (Å²) < 4.78 is 5.95. The molecular weight excluding hydrogens is 400 g/mol. The van der Waals surface area contributed by atoms with E-state index in [0.717, 1.165) is 44.3 Å². The molecule has 2 amide bonds. The van der Waals surface area contributed by atoms with Gasteiger partial charge in [0.2, 0.25) is 5.91 Å². The van der Waals surface area contributed by atoms with Crippen molar-refractivity contribution in [1.82, 2.24) is 9.80 Å². The Kier molecular flexibility index (Phi) is 6.58. The van der Waals surface area contributed by atoms with Crippen LogP contribution in [0.15, 0.2) is 48.5 Å². The molecule has 4 rings (SSSR count). The third kappa shape index (κ3) is 4.62. The number of amides is 2. The molecule has 2 aromatic carbocycles. The largest absolute Gasteiger partial charge is 0.488 e. The first-order chi connectivity index (χ1) is 14.6. The molecule has 2 heterocycles. The summed E-state index contributed by atoms with van der Waals surface area (Å²) in [6, 6.07) is 14.8. The Morgan fingerprint density at radius 3 is 2.30 bits per heavy atom. The Morgan fingerprint density at radius 1 is 0.900 bits per heavy atom. The van der Waals surface area contributed by atoms with E-state index >= 15 is 0 Å². The van der Waals surface area contributed by atoms with Gasteiger partial charge in [-0.2, -0.15) is 0 Å². The number of rotatable bonds is 5. The van der Waals surface area contributed by atoms with Crippen LogP contribution in [-0.4, -0.2) is 47.8 Å². The highest BCUT2D eigenvalue weighted by molar-refractivity contribution is 6.31. The van der Waals surface area contributed by atoms with Gasteiger partial charge < -0.3 is 14.5 Å². The molecule has 0 aliphatic carbocycles. The molecule has 0 saturated carbocycles. The number of para-hydroxylation sites is 1. The van der Waals surface area contributed by atoms with Gasteiger partial charge in [0.05, 0.1) is 5.56 Å². The van der Waals surface area contributed by atoms with Gasteiger partial charge in [-0.3, -0.25) is 9.59 Å². The van der Waals surface area contributed by atoms with Crippen molar-refractivity contribution in [2.24, 2.45) is 5.92 Å². The van der Waals surface area contributed by atoms with Gasteiger partial charge in [-0.15, -0.1) is 0 Å². The molecule has 2 fully saturated rings. The number of carbonyl (C=O) groups is 2. The van der Waals surface area contributed by atoms with Crippen molar-refractivity contribution < 1.29 is 14.3 Å². The van der Waals surface area contributed by atoms with Gasteiger partial charge in [0.1, 0.15) is 12.4 Å². The summed E-state index contributed by atoms with van der Waals surface area (Å²) in [5.74, 6) is 0.816. The van der Waals surface area contributed by atoms with Crippen LogP contribution in [0.5, 0.6) is 5.75 Å². The standard InChI is InChI=1S/C24H27ClN2O3/c25-21-9-3-1-7-19(21)17-30-22-10-4-2-8-20(22)24(29)27-15-11-18(12-16-27)23(28)26-13-5-6-14-26/h1-4,7-10,18H,5-6,11-17H2. The Labute approximate surface area is 182 Å². The maximum atomic E-state index is 13.2. The van der Waals surface area contributed by atoms with Crippen LogP contribution >= 0.6 is 11.6 Å². The number of ether oxygens (including phenoxy) is 1. The second-order valence-corrected chi connectivity index (χ2v) is 8.38. The predicted octanol–water partition coefficient (Wildman–Crippen LogP) is 4.39. The number of likely N-dealkylation sites (tertiary alicyclic amines) is 2. The second-order valence-electron chi connectivity index (χ2n) is 7.98. The summed E-state index contributed by atoms with van der Waals surface area (Å²) in [6.07, 6.45) is 3.66. The van der Waals surface area contributed by atoms with Gasteiger partial charge in [-0.25, -0.2) is 0 Å². The molecular formula is C24H27ClN2O3. The SMILES string of the molecule is O=C(c1ccccc1OCc1ccccc1Cl)N1CCC(C(=O)N2CCCC2)CC1. The Hall–Kier alpha value is -2.53. The average Bonchev–Trinajstić information content (AvgIpc) is 3.33. The maximum Gasteiger partial charge on any atom is 0.257 e. The molecule has 2 aromatic rings. The molecule has 5 nitrogen and oxygen atoms in total. The van der Waals surface area contributed by atoms with Crippen LogP contribution in [0.3, 0.4) is 0 Å². The first-order valence-electron chi connectivity index (χ1n) is 10.7. The van der Waals surface area contributed by atoms with Crippen LogP contribution < -0.4 is 4.74 Å². The second kappa shape index (κ2) is 9.52. The zero-order chi connectivity index (χ0) is 20.9. The van der Waals surface area contributed by atoms with E-state index in [1.807, 2.05) is 52.3 Å². The zero-order valence-electron chi connectivity index (χ0n) is 17.1. The van der Waals surface area contributed by atoms with E-state index in [1.165, 1.54) is 0 Å². The van der Waals surface area contributed by atoms with Crippen LogP contribution in [0.1, 0.15) is 41.6 Å². The minimum atomic E-state index is -0.0446. The summed E-state index contributed by atoms with van der Waals surface area (Å²) in [4.78, 5) is 29.6. The van der Waals surface area contributed by atoms with Gasteiger partial charge >= 0.3 is 0 Å². The third-order valence-electron chi connectivity index (χ3n) is 6.01. The molecule has 30 heavy (non-hydrogen) atoms. The summed E-state index contributed by atoms with van der Waals surface area (Å²) >= 11 is 6.21. The van der Waals surface area contributed by atoms with E-state index in [2.05, 4.69) is 0 Å². The minimum Gasteiger partial charge on any atom is -0.488 e. The van der Waals surface area contributed by atoms with Crippen LogP contribution in [0.2, 0.25) is 5.02 Å². The van der Waals surface area contributed by atoms with E-state index in [-0.39, 0.29) is 17.7 Å². The van der Waals surface area contributed by atoms with E-state index in [4.69, 9.17) is 16.3 Å². The first kappa shape index (κ1) is 20.7. The number of benzene rings is 2. The van der Waals surface area contributed by atoms with Gasteiger partial charge in [0.15, 0.2) is 0 Å². The lowest BCUT2D eigenvalue weighted by Gasteiger charge is -2.33. The quantitative estimate of drug-likeness (QED) is 0.712. The number of hydrogen-bond donors (Lipinski definition) is 0. The van der Waals surface area contributed by atoms with Gasteiger partial charge in [0.25, 0.3) is 5.91 Å². The van der Waals surface area contributed by atoms with Crippen molar-refractivity contribution in [3.63, 3.8) is 0 Å². The Bertz CT molecular complexity index is 903. The molecule has 0 bridgehead atoms. The monoisotopic (exact) mass is 426 g/mol. The molecule has 0 N–H and O–H groups in total. The zero-order valence-corrected chi connectivity index (χ0v) is 17.8. The molecule has 2 saturated heterocycles. The lowest BCUT2D eigenvalue weighted by Crippen LogP contribution is -2.43. The number of halogens is 1. The Balaban J connectivity index is 1.38. The van der Waals surface area contributed by atoms with E-state index < -0.39 is 0 Å². The van der Waals surface area contributed by atoms with Crippen molar-refractivity contribution >= 4 is 23.4 Å². The van der Waals surface area contributed by atoms with Crippen molar-refractivity contribution in [3.8, 4) is 5.75 Å². The summed E-state index contributed by atoms with van der Waals surface area (Å²) in [5, 5.41) is 0.644. The summed E-state index contributed by atoms with van der Waals surface area (Å²) in [5.41, 5.74) is 1.43. The highest BCUT2D eigenvalue weighted by Crippen LogP contribution is 2.27. The normalized spacial score (nSPS) is 17.2. The minimum absolute atomic E-state index is 0.0406. The highest BCUT2D eigenvalue weighted by atomic mass is 35.5. The van der Waals surface area contributed by atoms with Crippen LogP contribution in [0.4, 0.5) is 0 Å².